The molecule has 0 saturated heterocycles. The molecule has 2 rings (SSSR count). The number of carbonyl (C=O) groups is 1. The van der Waals surface area contributed by atoms with E-state index in [1.165, 1.54) is 0 Å². The Morgan fingerprint density at radius 2 is 1.95 bits per heavy atom. The van der Waals surface area contributed by atoms with E-state index in [1.807, 2.05) is 43.5 Å². The third-order valence-corrected chi connectivity index (χ3v) is 4.80. The van der Waals surface area contributed by atoms with Crippen LogP contribution in [-0.2, 0) is 11.2 Å². The van der Waals surface area contributed by atoms with Gasteiger partial charge in [0.15, 0.2) is 0 Å². The molecule has 5 heteroatoms. The summed E-state index contributed by atoms with van der Waals surface area (Å²) in [6.07, 6.45) is 0.747. The number of benzene rings is 1. The molecule has 0 radical (unpaired) electrons. The number of methoxy groups -OCH3 is 1. The molecule has 0 unspecified atom stereocenters. The Kier molecular flexibility index (Phi) is 5.86. The van der Waals surface area contributed by atoms with Crippen molar-refractivity contribution < 1.29 is 9.53 Å². The van der Waals surface area contributed by atoms with Crippen molar-refractivity contribution in [1.29, 1.82) is 0 Å². The summed E-state index contributed by atoms with van der Waals surface area (Å²) in [7, 11) is 1.67. The quantitative estimate of drug-likeness (QED) is 0.740. The fourth-order valence-electron chi connectivity index (χ4n) is 2.57. The summed E-state index contributed by atoms with van der Waals surface area (Å²) in [6.45, 7) is 4.62. The molecule has 1 heterocycles. The lowest BCUT2D eigenvalue weighted by molar-refractivity contribution is -0.116. The molecule has 1 amide bonds. The smallest absolute Gasteiger partial charge is 0.241 e. The number of ether oxygens (including phenoxy) is 1. The lowest BCUT2D eigenvalue weighted by Gasteiger charge is -2.25. The zero-order chi connectivity index (χ0) is 16.1. The van der Waals surface area contributed by atoms with Crippen molar-refractivity contribution in [3.05, 3.63) is 45.6 Å². The van der Waals surface area contributed by atoms with Crippen molar-refractivity contribution in [3.8, 4) is 5.75 Å². The van der Waals surface area contributed by atoms with Gasteiger partial charge in [-0.15, -0.1) is 22.9 Å². The highest BCUT2D eigenvalue weighted by Gasteiger charge is 2.19. The van der Waals surface area contributed by atoms with E-state index in [-0.39, 0.29) is 11.8 Å². The Morgan fingerprint density at radius 3 is 2.55 bits per heavy atom. The van der Waals surface area contributed by atoms with E-state index >= 15 is 0 Å². The first-order valence-electron chi connectivity index (χ1n) is 7.11. The highest BCUT2D eigenvalue weighted by atomic mass is 35.5. The summed E-state index contributed by atoms with van der Waals surface area (Å²) in [5.41, 5.74) is 3.12. The van der Waals surface area contributed by atoms with Crippen molar-refractivity contribution in [2.24, 2.45) is 0 Å². The summed E-state index contributed by atoms with van der Waals surface area (Å²) in [5, 5.41) is 2.00. The van der Waals surface area contributed by atoms with Gasteiger partial charge in [0.25, 0.3) is 0 Å². The predicted octanol–water partition coefficient (Wildman–Crippen LogP) is 4.19. The monoisotopic (exact) mass is 337 g/mol. The molecule has 0 spiro atoms. The lowest BCUT2D eigenvalue weighted by atomic mass is 10.1. The minimum absolute atomic E-state index is 0.0185. The highest BCUT2D eigenvalue weighted by molar-refractivity contribution is 7.10. The number of amides is 1. The van der Waals surface area contributed by atoms with Gasteiger partial charge in [-0.2, -0.15) is 0 Å². The number of nitrogens with zero attached hydrogens (tertiary/aromatic N) is 1. The van der Waals surface area contributed by atoms with Crippen molar-refractivity contribution in [2.75, 3.05) is 24.4 Å². The van der Waals surface area contributed by atoms with Crippen LogP contribution >= 0.6 is 22.9 Å². The first-order chi connectivity index (χ1) is 10.6. The van der Waals surface area contributed by atoms with E-state index in [0.717, 1.165) is 33.9 Å². The van der Waals surface area contributed by atoms with Crippen molar-refractivity contribution in [3.63, 3.8) is 0 Å². The Morgan fingerprint density at radius 1 is 1.27 bits per heavy atom. The van der Waals surface area contributed by atoms with Gasteiger partial charge in [-0.3, -0.25) is 4.79 Å². The zero-order valence-corrected chi connectivity index (χ0v) is 14.6. The summed E-state index contributed by atoms with van der Waals surface area (Å²) in [5.74, 6) is 0.786. The lowest BCUT2D eigenvalue weighted by Crippen LogP contribution is -2.34. The van der Waals surface area contributed by atoms with Crippen LogP contribution in [0.2, 0.25) is 0 Å². The Balaban J connectivity index is 2.26. The van der Waals surface area contributed by atoms with Gasteiger partial charge < -0.3 is 9.64 Å². The van der Waals surface area contributed by atoms with E-state index in [9.17, 15) is 4.79 Å². The second-order valence-electron chi connectivity index (χ2n) is 5.08. The van der Waals surface area contributed by atoms with Gasteiger partial charge in [0, 0.05) is 23.5 Å². The van der Waals surface area contributed by atoms with Crippen LogP contribution in [0.1, 0.15) is 16.0 Å². The summed E-state index contributed by atoms with van der Waals surface area (Å²) >= 11 is 7.45. The largest absolute Gasteiger partial charge is 0.496 e. The van der Waals surface area contributed by atoms with Crippen LogP contribution in [0.5, 0.6) is 5.75 Å². The van der Waals surface area contributed by atoms with Gasteiger partial charge in [0.1, 0.15) is 11.6 Å². The maximum Gasteiger partial charge on any atom is 0.241 e. The van der Waals surface area contributed by atoms with Crippen LogP contribution in [0.4, 0.5) is 5.69 Å². The summed E-state index contributed by atoms with van der Waals surface area (Å²) in [6, 6.07) is 7.98. The van der Waals surface area contributed by atoms with Crippen LogP contribution in [0, 0.1) is 13.8 Å². The summed E-state index contributed by atoms with van der Waals surface area (Å²) < 4.78 is 5.34. The standard InChI is InChI=1S/C17H20ClNO2S/c1-12-5-4-6-13(2)17(12)19(16(20)11-18)9-7-15-14(21-3)8-10-22-15/h4-6,8,10H,7,9,11H2,1-3H3. The minimum Gasteiger partial charge on any atom is -0.496 e. The van der Waals surface area contributed by atoms with E-state index in [0.29, 0.717) is 6.54 Å². The number of aryl methyl sites for hydroxylation is 2. The van der Waals surface area contributed by atoms with Crippen LogP contribution in [0.15, 0.2) is 29.6 Å². The van der Waals surface area contributed by atoms with E-state index < -0.39 is 0 Å². The van der Waals surface area contributed by atoms with Gasteiger partial charge in [-0.25, -0.2) is 0 Å². The van der Waals surface area contributed by atoms with Gasteiger partial charge in [0.05, 0.1) is 7.11 Å². The summed E-state index contributed by atoms with van der Waals surface area (Å²) in [4.78, 5) is 15.2. The number of halogens is 1. The topological polar surface area (TPSA) is 29.5 Å². The number of para-hydroxylation sites is 1. The van der Waals surface area contributed by atoms with Gasteiger partial charge >= 0.3 is 0 Å². The number of anilines is 1. The molecule has 2 aromatic rings. The molecule has 0 fully saturated rings. The molecule has 0 bridgehead atoms. The Labute approximate surface area is 140 Å². The van der Waals surface area contributed by atoms with Crippen LogP contribution in [0.3, 0.4) is 0 Å². The predicted molar refractivity (Wildman–Crippen MR) is 93.6 cm³/mol. The number of carbonyl (C=O) groups excluding carboxylic acids is 1. The van der Waals surface area contributed by atoms with Crippen molar-refractivity contribution >= 4 is 34.5 Å². The molecule has 0 aliphatic rings. The second kappa shape index (κ2) is 7.65. The van der Waals surface area contributed by atoms with Gasteiger partial charge in [-0.05, 0) is 36.4 Å². The number of alkyl halides is 1. The second-order valence-corrected chi connectivity index (χ2v) is 6.35. The average molecular weight is 338 g/mol. The third-order valence-electron chi connectivity index (χ3n) is 3.61. The Hall–Kier alpha value is -1.52. The van der Waals surface area contributed by atoms with E-state index in [2.05, 4.69) is 0 Å². The van der Waals surface area contributed by atoms with Gasteiger partial charge in [0.2, 0.25) is 5.91 Å². The molecule has 0 aliphatic heterocycles. The molecule has 1 aromatic carbocycles. The Bertz CT molecular complexity index is 634. The van der Waals surface area contributed by atoms with Crippen LogP contribution in [0.25, 0.3) is 0 Å². The number of thiophene rings is 1. The van der Waals surface area contributed by atoms with Crippen LogP contribution in [-0.4, -0.2) is 25.4 Å². The molecule has 0 N–H and O–H groups in total. The SMILES string of the molecule is COc1ccsc1CCN(C(=O)CCl)c1c(C)cccc1C. The molecule has 0 saturated carbocycles. The fourth-order valence-corrected chi connectivity index (χ4v) is 3.55. The zero-order valence-electron chi connectivity index (χ0n) is 13.1. The maximum atomic E-state index is 12.3. The molecule has 1 aromatic heterocycles. The maximum absolute atomic E-state index is 12.3. The first-order valence-corrected chi connectivity index (χ1v) is 8.52. The van der Waals surface area contributed by atoms with Crippen molar-refractivity contribution in [1.82, 2.24) is 0 Å². The fraction of sp³-hybridized carbons (Fsp3) is 0.353. The number of hydrogen-bond acceptors (Lipinski definition) is 3. The molecular formula is C17H20ClNO2S. The normalized spacial score (nSPS) is 10.5. The molecule has 0 atom stereocenters. The minimum atomic E-state index is -0.0745. The average Bonchev–Trinajstić information content (AvgIpc) is 2.96. The highest BCUT2D eigenvalue weighted by Crippen LogP contribution is 2.28. The molecule has 118 valence electrons. The molecular weight excluding hydrogens is 318 g/mol. The third kappa shape index (κ3) is 3.62. The first kappa shape index (κ1) is 16.8. The van der Waals surface area contributed by atoms with Crippen LogP contribution < -0.4 is 9.64 Å². The molecule has 0 aliphatic carbocycles. The van der Waals surface area contributed by atoms with E-state index in [4.69, 9.17) is 16.3 Å². The number of hydrogen-bond donors (Lipinski definition) is 0. The molecule has 22 heavy (non-hydrogen) atoms. The van der Waals surface area contributed by atoms with Gasteiger partial charge in [-0.1, -0.05) is 18.2 Å². The van der Waals surface area contributed by atoms with Crippen molar-refractivity contribution in [2.45, 2.75) is 20.3 Å². The molecule has 3 nitrogen and oxygen atoms in total. The van der Waals surface area contributed by atoms with E-state index in [1.54, 1.807) is 23.3 Å². The number of rotatable bonds is 6.